The lowest BCUT2D eigenvalue weighted by atomic mass is 10.00. The highest BCUT2D eigenvalue weighted by Gasteiger charge is 2.36. The van der Waals surface area contributed by atoms with Gasteiger partial charge in [0, 0.05) is 32.2 Å². The molecule has 4 nitrogen and oxygen atoms in total. The van der Waals surface area contributed by atoms with Gasteiger partial charge in [-0.3, -0.25) is 4.90 Å². The predicted octanol–water partition coefficient (Wildman–Crippen LogP) is 3.16. The van der Waals surface area contributed by atoms with Crippen LogP contribution >= 0.6 is 24.8 Å². The molecule has 0 aromatic heterocycles. The topological polar surface area (TPSA) is 33.7 Å². The van der Waals surface area contributed by atoms with Gasteiger partial charge in [-0.25, -0.2) is 0 Å². The lowest BCUT2D eigenvalue weighted by molar-refractivity contribution is -0.148. The molecule has 1 fully saturated rings. The summed E-state index contributed by atoms with van der Waals surface area (Å²) in [4.78, 5) is 1.88. The summed E-state index contributed by atoms with van der Waals surface area (Å²) in [6.45, 7) is 2.75. The monoisotopic (exact) mass is 374 g/mol. The van der Waals surface area contributed by atoms with Crippen LogP contribution in [0.25, 0.3) is 0 Å². The molecule has 1 atom stereocenters. The second-order valence-electron chi connectivity index (χ2n) is 5.23. The van der Waals surface area contributed by atoms with E-state index in [4.69, 9.17) is 9.47 Å². The quantitative estimate of drug-likeness (QED) is 0.880. The predicted molar refractivity (Wildman–Crippen MR) is 84.9 cm³/mol. The van der Waals surface area contributed by atoms with E-state index in [1.54, 1.807) is 18.2 Å². The van der Waals surface area contributed by atoms with E-state index in [9.17, 15) is 13.2 Å². The van der Waals surface area contributed by atoms with Gasteiger partial charge in [0.1, 0.15) is 0 Å². The van der Waals surface area contributed by atoms with Gasteiger partial charge in [-0.1, -0.05) is 6.07 Å². The summed E-state index contributed by atoms with van der Waals surface area (Å²) in [5.74, 6) is 1.11. The largest absolute Gasteiger partial charge is 0.454 e. The van der Waals surface area contributed by atoms with E-state index in [0.717, 1.165) is 0 Å². The Morgan fingerprint density at radius 1 is 1.09 bits per heavy atom. The highest BCUT2D eigenvalue weighted by atomic mass is 35.5. The van der Waals surface area contributed by atoms with Crippen LogP contribution in [0.4, 0.5) is 13.2 Å². The van der Waals surface area contributed by atoms with Gasteiger partial charge in [-0.2, -0.15) is 13.2 Å². The van der Waals surface area contributed by atoms with E-state index >= 15 is 0 Å². The van der Waals surface area contributed by atoms with E-state index in [-0.39, 0.29) is 31.6 Å². The number of rotatable bonds is 3. The lowest BCUT2D eigenvalue weighted by Crippen LogP contribution is -2.46. The number of hydrogen-bond acceptors (Lipinski definition) is 4. The number of piperazine rings is 1. The first-order chi connectivity index (χ1) is 10.0. The minimum Gasteiger partial charge on any atom is -0.454 e. The molecule has 0 unspecified atom stereocenters. The molecule has 1 aromatic rings. The van der Waals surface area contributed by atoms with Gasteiger partial charge in [0.15, 0.2) is 11.5 Å². The Hall–Kier alpha value is -0.890. The van der Waals surface area contributed by atoms with Crippen molar-refractivity contribution in [3.8, 4) is 11.5 Å². The summed E-state index contributed by atoms with van der Waals surface area (Å²) < 4.78 is 49.3. The van der Waals surface area contributed by atoms with Gasteiger partial charge < -0.3 is 14.8 Å². The average Bonchev–Trinajstić information content (AvgIpc) is 2.92. The van der Waals surface area contributed by atoms with E-state index in [1.807, 2.05) is 4.90 Å². The van der Waals surface area contributed by atoms with Gasteiger partial charge in [-0.05, 0) is 17.7 Å². The third-order valence-electron chi connectivity index (χ3n) is 3.80. The van der Waals surface area contributed by atoms with Crippen LogP contribution in [-0.2, 0) is 0 Å². The lowest BCUT2D eigenvalue weighted by Gasteiger charge is -2.35. The second-order valence-corrected chi connectivity index (χ2v) is 5.23. The molecule has 2 heterocycles. The molecule has 132 valence electrons. The molecule has 1 N–H and O–H groups in total. The zero-order chi connectivity index (χ0) is 14.9. The molecule has 0 amide bonds. The molecule has 2 aliphatic rings. The van der Waals surface area contributed by atoms with Crippen molar-refractivity contribution in [2.75, 3.05) is 33.0 Å². The number of fused-ring (bicyclic) bond motifs is 1. The highest BCUT2D eigenvalue weighted by molar-refractivity contribution is 5.85. The first-order valence-electron chi connectivity index (χ1n) is 6.94. The van der Waals surface area contributed by atoms with Crippen molar-refractivity contribution in [1.29, 1.82) is 0 Å². The molecule has 1 saturated heterocycles. The number of ether oxygens (including phenoxy) is 2. The molecule has 2 aliphatic heterocycles. The van der Waals surface area contributed by atoms with Crippen LogP contribution in [0.5, 0.6) is 11.5 Å². The number of alkyl halides is 3. The fourth-order valence-electron chi connectivity index (χ4n) is 2.79. The van der Waals surface area contributed by atoms with Crippen molar-refractivity contribution in [2.45, 2.75) is 18.6 Å². The van der Waals surface area contributed by atoms with Gasteiger partial charge in [-0.15, -0.1) is 24.8 Å². The minimum atomic E-state index is -4.20. The maximum absolute atomic E-state index is 12.9. The summed E-state index contributed by atoms with van der Waals surface area (Å²) in [7, 11) is 0. The van der Waals surface area contributed by atoms with Gasteiger partial charge >= 0.3 is 6.18 Å². The smallest absolute Gasteiger partial charge is 0.390 e. The summed E-state index contributed by atoms with van der Waals surface area (Å²) in [5.41, 5.74) is 0.624. The number of hydrogen-bond donors (Lipinski definition) is 1. The molecule has 1 aromatic carbocycles. The van der Waals surface area contributed by atoms with E-state index in [0.29, 0.717) is 43.2 Å². The number of nitrogens with zero attached hydrogens (tertiary/aromatic N) is 1. The molecule has 0 saturated carbocycles. The van der Waals surface area contributed by atoms with Crippen molar-refractivity contribution in [3.05, 3.63) is 23.8 Å². The maximum atomic E-state index is 12.9. The van der Waals surface area contributed by atoms with E-state index in [1.165, 1.54) is 0 Å². The third-order valence-corrected chi connectivity index (χ3v) is 3.80. The molecule has 0 radical (unpaired) electrons. The van der Waals surface area contributed by atoms with Crippen LogP contribution in [0.2, 0.25) is 0 Å². The van der Waals surface area contributed by atoms with Gasteiger partial charge in [0.2, 0.25) is 6.79 Å². The highest BCUT2D eigenvalue weighted by Crippen LogP contribution is 2.39. The fraction of sp³-hybridized carbons (Fsp3) is 0.571. The zero-order valence-corrected chi connectivity index (χ0v) is 13.9. The molecule has 0 bridgehead atoms. The van der Waals surface area contributed by atoms with Crippen molar-refractivity contribution in [2.24, 2.45) is 0 Å². The Labute approximate surface area is 145 Å². The first-order valence-corrected chi connectivity index (χ1v) is 6.94. The van der Waals surface area contributed by atoms with Crippen molar-refractivity contribution < 1.29 is 22.6 Å². The van der Waals surface area contributed by atoms with Crippen molar-refractivity contribution in [3.63, 3.8) is 0 Å². The van der Waals surface area contributed by atoms with Crippen molar-refractivity contribution in [1.82, 2.24) is 10.2 Å². The van der Waals surface area contributed by atoms with Crippen molar-refractivity contribution >= 4 is 24.8 Å². The fourth-order valence-corrected chi connectivity index (χ4v) is 2.79. The SMILES string of the molecule is Cl.Cl.FC(F)(F)C[C@H](c1ccc2c(c1)OCO2)N1CCNCC1. The van der Waals surface area contributed by atoms with Gasteiger partial charge in [0.05, 0.1) is 6.42 Å². The van der Waals surface area contributed by atoms with Crippen LogP contribution in [0, 0.1) is 0 Å². The Morgan fingerprint density at radius 3 is 2.39 bits per heavy atom. The summed E-state index contributed by atoms with van der Waals surface area (Å²) in [6.07, 6.45) is -5.06. The van der Waals surface area contributed by atoms with Crippen LogP contribution in [0.15, 0.2) is 18.2 Å². The van der Waals surface area contributed by atoms with Crippen LogP contribution < -0.4 is 14.8 Å². The van der Waals surface area contributed by atoms with Crippen LogP contribution in [0.1, 0.15) is 18.0 Å². The zero-order valence-electron chi connectivity index (χ0n) is 12.3. The number of halogens is 5. The maximum Gasteiger partial charge on any atom is 0.390 e. The first kappa shape index (κ1) is 20.2. The molecule has 0 aliphatic carbocycles. The summed E-state index contributed by atoms with van der Waals surface area (Å²) in [6, 6.07) is 4.37. The summed E-state index contributed by atoms with van der Waals surface area (Å²) >= 11 is 0. The molecule has 9 heteroatoms. The Bertz CT molecular complexity index is 511. The number of benzene rings is 1. The Morgan fingerprint density at radius 2 is 1.74 bits per heavy atom. The van der Waals surface area contributed by atoms with Crippen LogP contribution in [-0.4, -0.2) is 44.0 Å². The minimum absolute atomic E-state index is 0. The van der Waals surface area contributed by atoms with Gasteiger partial charge in [0.25, 0.3) is 0 Å². The Balaban J connectivity index is 0.00000132. The molecule has 23 heavy (non-hydrogen) atoms. The molecule has 0 spiro atoms. The second kappa shape index (κ2) is 8.28. The Kier molecular flexibility index (Phi) is 7.26. The summed E-state index contributed by atoms with van der Waals surface area (Å²) in [5, 5.41) is 3.16. The normalized spacial score (nSPS) is 18.7. The van der Waals surface area contributed by atoms with Crippen LogP contribution in [0.3, 0.4) is 0 Å². The van der Waals surface area contributed by atoms with E-state index in [2.05, 4.69) is 5.32 Å². The molecular weight excluding hydrogens is 356 g/mol. The standard InChI is InChI=1S/C14H17F3N2O2.2ClH/c15-14(16,17)8-11(19-5-3-18-4-6-19)10-1-2-12-13(7-10)21-9-20-12;;/h1-2,7,11,18H,3-6,8-9H2;2*1H/t11-;;/m1../s1. The number of nitrogens with one attached hydrogen (secondary N) is 1. The molecule has 3 rings (SSSR count). The van der Waals surface area contributed by atoms with E-state index < -0.39 is 18.6 Å². The average molecular weight is 375 g/mol. The molecular formula is C14H19Cl2F3N2O2. The third kappa shape index (κ3) is 5.04.